The van der Waals surface area contributed by atoms with Gasteiger partial charge in [0, 0.05) is 20.4 Å². The van der Waals surface area contributed by atoms with E-state index in [-0.39, 0.29) is 0 Å². The fourth-order valence-electron chi connectivity index (χ4n) is 2.16. The quantitative estimate of drug-likeness (QED) is 0.694. The first-order valence-electron chi connectivity index (χ1n) is 6.88. The lowest BCUT2D eigenvalue weighted by Crippen LogP contribution is -2.33. The minimum atomic E-state index is 0.464. The van der Waals surface area contributed by atoms with Crippen LogP contribution in [-0.4, -0.2) is 12.6 Å². The molecule has 0 fully saturated rings. The summed E-state index contributed by atoms with van der Waals surface area (Å²) < 4.78 is 1.22. The Bertz CT molecular complexity index is 524. The fraction of sp³-hybridized carbons (Fsp3) is 0.375. The molecule has 0 saturated heterocycles. The van der Waals surface area contributed by atoms with Crippen molar-refractivity contribution in [1.82, 2.24) is 5.32 Å². The van der Waals surface area contributed by atoms with Crippen LogP contribution >= 0.6 is 38.9 Å². The molecule has 1 atom stereocenters. The van der Waals surface area contributed by atoms with Crippen LogP contribution in [0.2, 0.25) is 5.02 Å². The number of thiophene rings is 1. The largest absolute Gasteiger partial charge is 0.313 e. The van der Waals surface area contributed by atoms with Crippen LogP contribution in [0, 0.1) is 0 Å². The maximum absolute atomic E-state index is 5.95. The highest BCUT2D eigenvalue weighted by molar-refractivity contribution is 9.10. The predicted molar refractivity (Wildman–Crippen MR) is 93.0 cm³/mol. The van der Waals surface area contributed by atoms with E-state index in [1.54, 1.807) is 0 Å². The molecule has 1 unspecified atom stereocenters. The minimum absolute atomic E-state index is 0.464. The van der Waals surface area contributed by atoms with Crippen molar-refractivity contribution in [3.8, 4) is 0 Å². The molecular weight excluding hydrogens is 354 g/mol. The average Bonchev–Trinajstić information content (AvgIpc) is 2.84. The summed E-state index contributed by atoms with van der Waals surface area (Å²) >= 11 is 11.4. The van der Waals surface area contributed by atoms with Crippen LogP contribution in [0.25, 0.3) is 0 Å². The molecule has 2 rings (SSSR count). The molecule has 0 aliphatic rings. The second-order valence-electron chi connectivity index (χ2n) is 4.88. The highest BCUT2D eigenvalue weighted by Gasteiger charge is 2.12. The molecule has 0 aliphatic heterocycles. The normalized spacial score (nSPS) is 12.6. The summed E-state index contributed by atoms with van der Waals surface area (Å²) in [6.07, 6.45) is 3.24. The standard InChI is InChI=1S/C16H19BrClNS/c1-2-8-19-14(11-16-15(17)7-9-20-16)10-12-3-5-13(18)6-4-12/h3-7,9,14,19H,2,8,10-11H2,1H3. The van der Waals surface area contributed by atoms with Crippen molar-refractivity contribution >= 4 is 38.9 Å². The fourth-order valence-corrected chi connectivity index (χ4v) is 3.89. The lowest BCUT2D eigenvalue weighted by Gasteiger charge is -2.18. The van der Waals surface area contributed by atoms with Gasteiger partial charge in [0.05, 0.1) is 0 Å². The van der Waals surface area contributed by atoms with Gasteiger partial charge < -0.3 is 5.32 Å². The van der Waals surface area contributed by atoms with Gasteiger partial charge >= 0.3 is 0 Å². The maximum Gasteiger partial charge on any atom is 0.0406 e. The third-order valence-electron chi connectivity index (χ3n) is 3.20. The van der Waals surface area contributed by atoms with Gasteiger partial charge in [-0.15, -0.1) is 11.3 Å². The van der Waals surface area contributed by atoms with Crippen molar-refractivity contribution < 1.29 is 0 Å². The van der Waals surface area contributed by atoms with Crippen LogP contribution in [-0.2, 0) is 12.8 Å². The van der Waals surface area contributed by atoms with E-state index >= 15 is 0 Å². The lowest BCUT2D eigenvalue weighted by atomic mass is 10.0. The van der Waals surface area contributed by atoms with Gasteiger partial charge in [-0.1, -0.05) is 30.7 Å². The zero-order valence-corrected chi connectivity index (χ0v) is 14.7. The zero-order chi connectivity index (χ0) is 14.4. The molecule has 108 valence electrons. The molecule has 2 aromatic rings. The van der Waals surface area contributed by atoms with Gasteiger partial charge in [0.2, 0.25) is 0 Å². The number of hydrogen-bond acceptors (Lipinski definition) is 2. The second-order valence-corrected chi connectivity index (χ2v) is 7.17. The average molecular weight is 373 g/mol. The molecule has 0 bridgehead atoms. The Labute approximate surface area is 138 Å². The van der Waals surface area contributed by atoms with Crippen molar-refractivity contribution in [3.05, 3.63) is 55.6 Å². The number of halogens is 2. The monoisotopic (exact) mass is 371 g/mol. The van der Waals surface area contributed by atoms with E-state index in [4.69, 9.17) is 11.6 Å². The SMILES string of the molecule is CCCNC(Cc1ccc(Cl)cc1)Cc1sccc1Br. The topological polar surface area (TPSA) is 12.0 Å². The Hall–Kier alpha value is -0.350. The van der Waals surface area contributed by atoms with Crippen molar-refractivity contribution in [2.75, 3.05) is 6.54 Å². The molecule has 1 aromatic heterocycles. The first-order valence-corrected chi connectivity index (χ1v) is 8.93. The van der Waals surface area contributed by atoms with Crippen LogP contribution in [0.4, 0.5) is 0 Å². The van der Waals surface area contributed by atoms with Crippen molar-refractivity contribution in [2.45, 2.75) is 32.2 Å². The predicted octanol–water partition coefficient (Wildman–Crippen LogP) is 5.32. The van der Waals surface area contributed by atoms with Crippen LogP contribution < -0.4 is 5.32 Å². The molecule has 20 heavy (non-hydrogen) atoms. The van der Waals surface area contributed by atoms with Gasteiger partial charge in [0.1, 0.15) is 0 Å². The molecule has 0 aliphatic carbocycles. The van der Waals surface area contributed by atoms with E-state index in [1.165, 1.54) is 14.9 Å². The number of benzene rings is 1. The summed E-state index contributed by atoms with van der Waals surface area (Å²) in [6, 6.07) is 10.8. The smallest absolute Gasteiger partial charge is 0.0406 e. The van der Waals surface area contributed by atoms with Crippen molar-refractivity contribution in [2.24, 2.45) is 0 Å². The van der Waals surface area contributed by atoms with E-state index in [1.807, 2.05) is 23.5 Å². The Balaban J connectivity index is 2.03. The first-order chi connectivity index (χ1) is 9.69. The minimum Gasteiger partial charge on any atom is -0.313 e. The molecule has 0 spiro atoms. The number of nitrogens with one attached hydrogen (secondary N) is 1. The van der Waals surface area contributed by atoms with Gasteiger partial charge in [0.25, 0.3) is 0 Å². The molecule has 0 radical (unpaired) electrons. The summed E-state index contributed by atoms with van der Waals surface area (Å²) in [6.45, 7) is 3.26. The van der Waals surface area contributed by atoms with Crippen LogP contribution in [0.15, 0.2) is 40.2 Å². The van der Waals surface area contributed by atoms with Gasteiger partial charge in [-0.05, 0) is 70.9 Å². The van der Waals surface area contributed by atoms with Crippen LogP contribution in [0.3, 0.4) is 0 Å². The molecule has 1 nitrogen and oxygen atoms in total. The molecule has 0 amide bonds. The maximum atomic E-state index is 5.95. The Kier molecular flexibility index (Phi) is 6.56. The van der Waals surface area contributed by atoms with Crippen LogP contribution in [0.5, 0.6) is 0 Å². The van der Waals surface area contributed by atoms with Gasteiger partial charge in [-0.25, -0.2) is 0 Å². The highest BCUT2D eigenvalue weighted by Crippen LogP contribution is 2.25. The van der Waals surface area contributed by atoms with E-state index < -0.39 is 0 Å². The van der Waals surface area contributed by atoms with Crippen molar-refractivity contribution in [3.63, 3.8) is 0 Å². The van der Waals surface area contributed by atoms with E-state index in [2.05, 4.69) is 51.7 Å². The summed E-state index contributed by atoms with van der Waals surface area (Å²) in [5.74, 6) is 0. The first kappa shape index (κ1) is 16.0. The third-order valence-corrected chi connectivity index (χ3v) is 5.40. The summed E-state index contributed by atoms with van der Waals surface area (Å²) in [4.78, 5) is 1.41. The third kappa shape index (κ3) is 4.88. The molecule has 0 saturated carbocycles. The van der Waals surface area contributed by atoms with E-state index in [0.717, 1.165) is 30.8 Å². The van der Waals surface area contributed by atoms with Gasteiger partial charge in [0.15, 0.2) is 0 Å². The lowest BCUT2D eigenvalue weighted by molar-refractivity contribution is 0.507. The molecule has 4 heteroatoms. The Morgan fingerprint density at radius 3 is 2.55 bits per heavy atom. The number of hydrogen-bond donors (Lipinski definition) is 1. The molecular formula is C16H19BrClNS. The van der Waals surface area contributed by atoms with Crippen molar-refractivity contribution in [1.29, 1.82) is 0 Å². The van der Waals surface area contributed by atoms with Crippen LogP contribution in [0.1, 0.15) is 23.8 Å². The summed E-state index contributed by atoms with van der Waals surface area (Å²) in [7, 11) is 0. The highest BCUT2D eigenvalue weighted by atomic mass is 79.9. The van der Waals surface area contributed by atoms with E-state index in [0.29, 0.717) is 6.04 Å². The zero-order valence-electron chi connectivity index (χ0n) is 11.5. The Morgan fingerprint density at radius 1 is 1.20 bits per heavy atom. The molecule has 1 N–H and O–H groups in total. The summed E-state index contributed by atoms with van der Waals surface area (Å²) in [5.41, 5.74) is 1.33. The molecule has 1 heterocycles. The van der Waals surface area contributed by atoms with E-state index in [9.17, 15) is 0 Å². The second kappa shape index (κ2) is 8.18. The summed E-state index contributed by atoms with van der Waals surface area (Å²) in [5, 5.41) is 6.59. The van der Waals surface area contributed by atoms with Gasteiger partial charge in [-0.3, -0.25) is 0 Å². The molecule has 1 aromatic carbocycles. The Morgan fingerprint density at radius 2 is 1.95 bits per heavy atom. The van der Waals surface area contributed by atoms with Gasteiger partial charge in [-0.2, -0.15) is 0 Å². The number of rotatable bonds is 7.